The van der Waals surface area contributed by atoms with Gasteiger partial charge in [0.25, 0.3) is 5.91 Å². The Morgan fingerprint density at radius 1 is 1.36 bits per heavy atom. The number of imidazole rings is 1. The van der Waals surface area contributed by atoms with Gasteiger partial charge < -0.3 is 14.6 Å². The number of aryl methyl sites for hydroxylation is 1. The van der Waals surface area contributed by atoms with Gasteiger partial charge in [-0.2, -0.15) is 11.8 Å². The lowest BCUT2D eigenvalue weighted by molar-refractivity contribution is -0.155. The zero-order valence-electron chi connectivity index (χ0n) is 13.2. The maximum atomic E-state index is 12.8. The van der Waals surface area contributed by atoms with Crippen molar-refractivity contribution < 1.29 is 9.90 Å². The average molecular weight is 324 g/mol. The van der Waals surface area contributed by atoms with Crippen molar-refractivity contribution >= 4 is 17.7 Å². The highest BCUT2D eigenvalue weighted by atomic mass is 32.2. The second kappa shape index (κ2) is 6.22. The number of aliphatic hydroxyl groups is 1. The van der Waals surface area contributed by atoms with Gasteiger partial charge in [0.2, 0.25) is 0 Å². The van der Waals surface area contributed by atoms with Crippen molar-refractivity contribution in [1.29, 1.82) is 0 Å². The van der Waals surface area contributed by atoms with Crippen LogP contribution in [0.15, 0.2) is 12.4 Å². The number of nitrogens with zero attached hydrogens (tertiary/aromatic N) is 4. The lowest BCUT2D eigenvalue weighted by atomic mass is 9.94. The first-order valence-corrected chi connectivity index (χ1v) is 8.94. The Balaban J connectivity index is 1.75. The number of likely N-dealkylation sites (N-methyl/N-ethyl adjacent to an activating group) is 1. The van der Waals surface area contributed by atoms with Gasteiger partial charge >= 0.3 is 0 Å². The van der Waals surface area contributed by atoms with Crippen LogP contribution in [-0.2, 0) is 11.8 Å². The van der Waals surface area contributed by atoms with Crippen LogP contribution in [0.4, 0.5) is 0 Å². The summed E-state index contributed by atoms with van der Waals surface area (Å²) in [6.45, 7) is 2.06. The van der Waals surface area contributed by atoms with Gasteiger partial charge in [-0.05, 0) is 31.4 Å². The molecule has 1 unspecified atom stereocenters. The molecule has 6 nitrogen and oxygen atoms in total. The van der Waals surface area contributed by atoms with Crippen LogP contribution in [-0.4, -0.2) is 74.2 Å². The van der Waals surface area contributed by atoms with Crippen molar-refractivity contribution in [2.75, 3.05) is 38.2 Å². The summed E-state index contributed by atoms with van der Waals surface area (Å²) in [5, 5.41) is 10.7. The third kappa shape index (κ3) is 2.89. The third-order valence-corrected chi connectivity index (χ3v) is 5.80. The fourth-order valence-corrected chi connectivity index (χ4v) is 4.42. The van der Waals surface area contributed by atoms with Gasteiger partial charge in [0.05, 0.1) is 6.04 Å². The predicted octanol–water partition coefficient (Wildman–Crippen LogP) is 0.493. The summed E-state index contributed by atoms with van der Waals surface area (Å²) in [4.78, 5) is 21.3. The quantitative estimate of drug-likeness (QED) is 0.858. The minimum atomic E-state index is -1.16. The molecule has 2 aliphatic rings. The number of thioether (sulfide) groups is 1. The molecule has 2 saturated heterocycles. The molecule has 1 aromatic rings. The molecule has 1 N–H and O–H groups in total. The summed E-state index contributed by atoms with van der Waals surface area (Å²) in [7, 11) is 4.04. The molecule has 22 heavy (non-hydrogen) atoms. The summed E-state index contributed by atoms with van der Waals surface area (Å²) < 4.78 is 2.00. The van der Waals surface area contributed by atoms with Crippen LogP contribution >= 0.6 is 11.8 Å². The van der Waals surface area contributed by atoms with Gasteiger partial charge in [0.1, 0.15) is 11.4 Å². The zero-order valence-corrected chi connectivity index (χ0v) is 14.1. The Labute approximate surface area is 135 Å². The molecule has 1 aromatic heterocycles. The second-order valence-electron chi connectivity index (χ2n) is 6.29. The SMILES string of the molecule is CN1CCN(C(=O)C2(O)CCSCC2)CC1c1nccn1C. The van der Waals surface area contributed by atoms with Gasteiger partial charge in [0.15, 0.2) is 0 Å². The maximum absolute atomic E-state index is 12.8. The largest absolute Gasteiger partial charge is 0.380 e. The van der Waals surface area contributed by atoms with E-state index in [-0.39, 0.29) is 11.9 Å². The number of amides is 1. The highest BCUT2D eigenvalue weighted by molar-refractivity contribution is 7.99. The molecular weight excluding hydrogens is 300 g/mol. The molecule has 1 atom stereocenters. The summed E-state index contributed by atoms with van der Waals surface area (Å²) in [6, 6.07) is 0.0827. The monoisotopic (exact) mass is 324 g/mol. The molecule has 0 aliphatic carbocycles. The molecule has 0 saturated carbocycles. The first-order chi connectivity index (χ1) is 10.5. The number of rotatable bonds is 2. The fraction of sp³-hybridized carbons (Fsp3) is 0.733. The number of hydrogen-bond acceptors (Lipinski definition) is 5. The van der Waals surface area contributed by atoms with E-state index in [1.807, 2.05) is 34.5 Å². The van der Waals surface area contributed by atoms with E-state index in [1.54, 1.807) is 6.20 Å². The van der Waals surface area contributed by atoms with Gasteiger partial charge in [-0.3, -0.25) is 9.69 Å². The van der Waals surface area contributed by atoms with Crippen molar-refractivity contribution in [3.8, 4) is 0 Å². The van der Waals surface area contributed by atoms with Crippen molar-refractivity contribution in [3.63, 3.8) is 0 Å². The second-order valence-corrected chi connectivity index (χ2v) is 7.51. The van der Waals surface area contributed by atoms with Gasteiger partial charge in [-0.15, -0.1) is 0 Å². The van der Waals surface area contributed by atoms with Crippen LogP contribution in [0.2, 0.25) is 0 Å². The molecule has 0 spiro atoms. The molecule has 2 fully saturated rings. The van der Waals surface area contributed by atoms with Crippen molar-refractivity contribution in [2.24, 2.45) is 7.05 Å². The summed E-state index contributed by atoms with van der Waals surface area (Å²) in [5.74, 6) is 2.59. The van der Waals surface area contributed by atoms with Crippen LogP contribution in [0.25, 0.3) is 0 Å². The van der Waals surface area contributed by atoms with Gasteiger partial charge in [0, 0.05) is 39.1 Å². The van der Waals surface area contributed by atoms with E-state index in [0.29, 0.717) is 25.9 Å². The topological polar surface area (TPSA) is 61.6 Å². The Bertz CT molecular complexity index is 541. The minimum Gasteiger partial charge on any atom is -0.380 e. The van der Waals surface area contributed by atoms with E-state index >= 15 is 0 Å². The van der Waals surface area contributed by atoms with Crippen molar-refractivity contribution in [3.05, 3.63) is 18.2 Å². The first-order valence-electron chi connectivity index (χ1n) is 7.78. The van der Waals surface area contributed by atoms with Crippen LogP contribution in [0.1, 0.15) is 24.7 Å². The Hall–Kier alpha value is -1.05. The normalized spacial score (nSPS) is 26.1. The number of piperazine rings is 1. The van der Waals surface area contributed by atoms with E-state index in [4.69, 9.17) is 0 Å². The number of hydrogen-bond donors (Lipinski definition) is 1. The number of aromatic nitrogens is 2. The molecule has 1 amide bonds. The van der Waals surface area contributed by atoms with Crippen LogP contribution in [0, 0.1) is 0 Å². The zero-order chi connectivity index (χ0) is 15.7. The Morgan fingerprint density at radius 3 is 2.73 bits per heavy atom. The smallest absolute Gasteiger partial charge is 0.254 e. The number of carbonyl (C=O) groups excluding carboxylic acids is 1. The minimum absolute atomic E-state index is 0.0827. The maximum Gasteiger partial charge on any atom is 0.254 e. The fourth-order valence-electron chi connectivity index (χ4n) is 3.25. The van der Waals surface area contributed by atoms with Crippen LogP contribution in [0.5, 0.6) is 0 Å². The molecule has 3 rings (SSSR count). The summed E-state index contributed by atoms with van der Waals surface area (Å²) >= 11 is 1.81. The molecule has 0 bridgehead atoms. The van der Waals surface area contributed by atoms with E-state index in [1.165, 1.54) is 0 Å². The molecule has 3 heterocycles. The average Bonchev–Trinajstić information content (AvgIpc) is 2.94. The van der Waals surface area contributed by atoms with E-state index in [0.717, 1.165) is 23.9 Å². The van der Waals surface area contributed by atoms with E-state index < -0.39 is 5.60 Å². The van der Waals surface area contributed by atoms with Crippen LogP contribution in [0.3, 0.4) is 0 Å². The third-order valence-electron chi connectivity index (χ3n) is 4.81. The molecular formula is C15H24N4O2S. The molecule has 122 valence electrons. The van der Waals surface area contributed by atoms with E-state index in [2.05, 4.69) is 16.9 Å². The summed E-state index contributed by atoms with van der Waals surface area (Å²) in [5.41, 5.74) is -1.16. The predicted molar refractivity (Wildman–Crippen MR) is 86.7 cm³/mol. The van der Waals surface area contributed by atoms with Gasteiger partial charge in [-0.25, -0.2) is 4.98 Å². The van der Waals surface area contributed by atoms with E-state index in [9.17, 15) is 9.90 Å². The molecule has 7 heteroatoms. The lowest BCUT2D eigenvalue weighted by Gasteiger charge is -2.42. The molecule has 0 radical (unpaired) electrons. The highest BCUT2D eigenvalue weighted by Crippen LogP contribution is 2.31. The van der Waals surface area contributed by atoms with Crippen molar-refractivity contribution in [1.82, 2.24) is 19.4 Å². The van der Waals surface area contributed by atoms with Gasteiger partial charge in [-0.1, -0.05) is 0 Å². The highest BCUT2D eigenvalue weighted by Gasteiger charge is 2.42. The number of carbonyl (C=O) groups is 1. The molecule has 0 aromatic carbocycles. The summed E-state index contributed by atoms with van der Waals surface area (Å²) in [6.07, 6.45) is 4.84. The standard InChI is InChI=1S/C15H24N4O2S/c1-17-7-8-19(11-12(17)13-16-5-6-18(13)2)14(20)15(21)3-9-22-10-4-15/h5-6,12,21H,3-4,7-11H2,1-2H3. The first kappa shape index (κ1) is 15.8. The van der Waals surface area contributed by atoms with Crippen LogP contribution < -0.4 is 0 Å². The Kier molecular flexibility index (Phi) is 4.47. The Morgan fingerprint density at radius 2 is 2.09 bits per heavy atom. The van der Waals surface area contributed by atoms with Crippen molar-refractivity contribution in [2.45, 2.75) is 24.5 Å². The lowest BCUT2D eigenvalue weighted by Crippen LogP contribution is -2.57. The molecule has 2 aliphatic heterocycles.